The quantitative estimate of drug-likeness (QED) is 0.609. The molecule has 1 amide bonds. The molecule has 27 heavy (non-hydrogen) atoms. The second kappa shape index (κ2) is 8.80. The van der Waals surface area contributed by atoms with Crippen molar-refractivity contribution < 1.29 is 22.7 Å². The monoisotopic (exact) mass is 369 g/mol. The fourth-order valence-corrected chi connectivity index (χ4v) is 2.58. The highest BCUT2D eigenvalue weighted by Crippen LogP contribution is 2.25. The normalized spacial score (nSPS) is 12.3. The van der Waals surface area contributed by atoms with Crippen LogP contribution in [0.5, 0.6) is 5.75 Å². The number of ether oxygens (including phenoxy) is 1. The van der Waals surface area contributed by atoms with Gasteiger partial charge < -0.3 is 14.5 Å². The van der Waals surface area contributed by atoms with Crippen molar-refractivity contribution in [3.05, 3.63) is 96.0 Å². The van der Waals surface area contributed by atoms with E-state index in [1.54, 1.807) is 30.3 Å². The lowest BCUT2D eigenvalue weighted by Gasteiger charge is -2.19. The van der Waals surface area contributed by atoms with Gasteiger partial charge in [0.1, 0.15) is 11.5 Å². The summed E-state index contributed by atoms with van der Waals surface area (Å²) in [6.07, 6.45) is 4.47. The van der Waals surface area contributed by atoms with Gasteiger partial charge in [0.05, 0.1) is 12.3 Å². The Hall–Kier alpha value is -3.41. The molecule has 4 nitrogen and oxygen atoms in total. The Bertz CT molecular complexity index is 876. The van der Waals surface area contributed by atoms with Crippen LogP contribution in [-0.2, 0) is 4.79 Å². The molecular weight excluding hydrogens is 352 g/mol. The lowest BCUT2D eigenvalue weighted by atomic mass is 9.98. The van der Waals surface area contributed by atoms with Crippen LogP contribution in [0.3, 0.4) is 0 Å². The van der Waals surface area contributed by atoms with Crippen molar-refractivity contribution in [3.8, 4) is 5.75 Å². The molecule has 1 heterocycles. The van der Waals surface area contributed by atoms with Crippen LogP contribution in [0, 0.1) is 0 Å². The third-order valence-electron chi connectivity index (χ3n) is 3.80. The number of nitrogens with one attached hydrogen (secondary N) is 1. The zero-order valence-corrected chi connectivity index (χ0v) is 14.2. The van der Waals surface area contributed by atoms with Crippen molar-refractivity contribution in [2.45, 2.75) is 12.7 Å². The van der Waals surface area contributed by atoms with Gasteiger partial charge >= 0.3 is 6.61 Å². The molecule has 0 aliphatic carbocycles. The molecule has 0 bridgehead atoms. The van der Waals surface area contributed by atoms with E-state index in [1.165, 1.54) is 24.5 Å². The lowest BCUT2D eigenvalue weighted by molar-refractivity contribution is -0.116. The Morgan fingerprint density at radius 2 is 1.67 bits per heavy atom. The molecule has 3 aromatic rings. The molecule has 1 N–H and O–H groups in total. The first-order valence-electron chi connectivity index (χ1n) is 8.23. The summed E-state index contributed by atoms with van der Waals surface area (Å²) in [5.41, 5.74) is 1.60. The Balaban J connectivity index is 1.80. The maximum atomic E-state index is 12.3. The number of amides is 1. The minimum Gasteiger partial charge on any atom is -0.465 e. The Morgan fingerprint density at radius 1 is 0.963 bits per heavy atom. The van der Waals surface area contributed by atoms with E-state index in [0.717, 1.165) is 11.1 Å². The molecule has 0 spiro atoms. The molecule has 0 aliphatic heterocycles. The first-order chi connectivity index (χ1) is 13.1. The lowest BCUT2D eigenvalue weighted by Crippen LogP contribution is -2.27. The van der Waals surface area contributed by atoms with Crippen molar-refractivity contribution in [3.63, 3.8) is 0 Å². The summed E-state index contributed by atoms with van der Waals surface area (Å²) in [6, 6.07) is 18.6. The van der Waals surface area contributed by atoms with E-state index in [1.807, 2.05) is 30.3 Å². The Morgan fingerprint density at radius 3 is 2.30 bits per heavy atom. The van der Waals surface area contributed by atoms with Gasteiger partial charge in [0.15, 0.2) is 0 Å². The van der Waals surface area contributed by atoms with Gasteiger partial charge in [-0.15, -0.1) is 0 Å². The van der Waals surface area contributed by atoms with Crippen molar-refractivity contribution in [2.24, 2.45) is 0 Å². The highest BCUT2D eigenvalue weighted by Gasteiger charge is 2.16. The molecule has 0 aliphatic rings. The minimum absolute atomic E-state index is 0.0598. The molecule has 0 saturated heterocycles. The van der Waals surface area contributed by atoms with Crippen LogP contribution in [0.25, 0.3) is 6.08 Å². The second-order valence-electron chi connectivity index (χ2n) is 5.65. The first-order valence-corrected chi connectivity index (χ1v) is 8.23. The van der Waals surface area contributed by atoms with Gasteiger partial charge in [0.2, 0.25) is 5.91 Å². The van der Waals surface area contributed by atoms with E-state index in [0.29, 0.717) is 5.76 Å². The number of rotatable bonds is 7. The second-order valence-corrected chi connectivity index (χ2v) is 5.65. The average molecular weight is 369 g/mol. The van der Waals surface area contributed by atoms with Crippen LogP contribution in [0.15, 0.2) is 83.5 Å². The van der Waals surface area contributed by atoms with Crippen LogP contribution in [0.2, 0.25) is 0 Å². The average Bonchev–Trinajstić information content (AvgIpc) is 3.19. The molecule has 2 aromatic carbocycles. The fourth-order valence-electron chi connectivity index (χ4n) is 2.58. The van der Waals surface area contributed by atoms with E-state index >= 15 is 0 Å². The molecule has 138 valence electrons. The van der Waals surface area contributed by atoms with Crippen LogP contribution in [0.4, 0.5) is 8.78 Å². The summed E-state index contributed by atoms with van der Waals surface area (Å²) in [5, 5.41) is 2.92. The zero-order valence-electron chi connectivity index (χ0n) is 14.2. The van der Waals surface area contributed by atoms with Crippen molar-refractivity contribution in [2.75, 3.05) is 0 Å². The van der Waals surface area contributed by atoms with Gasteiger partial charge in [0, 0.05) is 6.08 Å². The van der Waals surface area contributed by atoms with Gasteiger partial charge in [-0.05, 0) is 41.5 Å². The van der Waals surface area contributed by atoms with E-state index in [9.17, 15) is 13.6 Å². The minimum atomic E-state index is -2.88. The Labute approximate surface area is 155 Å². The number of alkyl halides is 2. The summed E-state index contributed by atoms with van der Waals surface area (Å²) in [4.78, 5) is 12.3. The standard InChI is InChI=1S/C21H17F2NO3/c22-21(23)27-18-10-8-16(9-11-18)20(15-5-2-1-3-6-15)24-19(25)13-12-17-7-4-14-26-17/h1-14,20-21H,(H,24,25)/b13-12+/t20-/m0/s1. The molecule has 0 fully saturated rings. The number of hydrogen-bond donors (Lipinski definition) is 1. The maximum absolute atomic E-state index is 12.3. The number of furan rings is 1. The Kier molecular flexibility index (Phi) is 5.99. The largest absolute Gasteiger partial charge is 0.465 e. The summed E-state index contributed by atoms with van der Waals surface area (Å²) in [5.74, 6) is 0.313. The predicted molar refractivity (Wildman–Crippen MR) is 97.2 cm³/mol. The topological polar surface area (TPSA) is 51.5 Å². The van der Waals surface area contributed by atoms with E-state index in [2.05, 4.69) is 10.1 Å². The number of carbonyl (C=O) groups is 1. The first kappa shape index (κ1) is 18.4. The summed E-state index contributed by atoms with van der Waals surface area (Å²) in [6.45, 7) is -2.88. The van der Waals surface area contributed by atoms with Crippen LogP contribution >= 0.6 is 0 Å². The smallest absolute Gasteiger partial charge is 0.387 e. The van der Waals surface area contributed by atoms with Crippen LogP contribution in [0.1, 0.15) is 22.9 Å². The maximum Gasteiger partial charge on any atom is 0.387 e. The van der Waals surface area contributed by atoms with Gasteiger partial charge in [0.25, 0.3) is 0 Å². The van der Waals surface area contributed by atoms with Crippen molar-refractivity contribution >= 4 is 12.0 Å². The van der Waals surface area contributed by atoms with Crippen molar-refractivity contribution in [1.29, 1.82) is 0 Å². The molecule has 6 heteroatoms. The molecular formula is C21H17F2NO3. The van der Waals surface area contributed by atoms with Crippen LogP contribution in [-0.4, -0.2) is 12.5 Å². The molecule has 1 aromatic heterocycles. The number of hydrogen-bond acceptors (Lipinski definition) is 3. The third-order valence-corrected chi connectivity index (χ3v) is 3.80. The third kappa shape index (κ3) is 5.28. The number of benzene rings is 2. The summed E-state index contributed by atoms with van der Waals surface area (Å²) < 4.78 is 34.2. The summed E-state index contributed by atoms with van der Waals surface area (Å²) >= 11 is 0. The zero-order chi connectivity index (χ0) is 19.1. The molecule has 0 saturated carbocycles. The SMILES string of the molecule is O=C(/C=C/c1ccco1)N[C@@H](c1ccccc1)c1ccc(OC(F)F)cc1. The van der Waals surface area contributed by atoms with Crippen LogP contribution < -0.4 is 10.1 Å². The van der Waals surface area contributed by atoms with Gasteiger partial charge in [-0.25, -0.2) is 0 Å². The van der Waals surface area contributed by atoms with E-state index < -0.39 is 12.7 Å². The van der Waals surface area contributed by atoms with Gasteiger partial charge in [-0.1, -0.05) is 42.5 Å². The number of halogens is 2. The van der Waals surface area contributed by atoms with E-state index in [4.69, 9.17) is 4.42 Å². The highest BCUT2D eigenvalue weighted by atomic mass is 19.3. The predicted octanol–water partition coefficient (Wildman–Crippen LogP) is 4.80. The highest BCUT2D eigenvalue weighted by molar-refractivity contribution is 5.91. The van der Waals surface area contributed by atoms with E-state index in [-0.39, 0.29) is 11.7 Å². The molecule has 3 rings (SSSR count). The van der Waals surface area contributed by atoms with Gasteiger partial charge in [-0.2, -0.15) is 8.78 Å². The van der Waals surface area contributed by atoms with Crippen molar-refractivity contribution in [1.82, 2.24) is 5.32 Å². The molecule has 0 unspecified atom stereocenters. The summed E-state index contributed by atoms with van der Waals surface area (Å²) in [7, 11) is 0. The molecule has 0 radical (unpaired) electrons. The molecule has 1 atom stereocenters. The van der Waals surface area contributed by atoms with Gasteiger partial charge in [-0.3, -0.25) is 4.79 Å². The fraction of sp³-hybridized carbons (Fsp3) is 0.0952. The number of carbonyl (C=O) groups excluding carboxylic acids is 1.